The fourth-order valence-electron chi connectivity index (χ4n) is 3.22. The average Bonchev–Trinajstić information content (AvgIpc) is 3.07. The molecule has 1 aliphatic rings. The number of hydrogen-bond donors (Lipinski definition) is 0. The molecule has 0 radical (unpaired) electrons. The van der Waals surface area contributed by atoms with Gasteiger partial charge in [0.25, 0.3) is 5.91 Å². The number of ether oxygens (including phenoxy) is 1. The standard InChI is InChI=1S/C25H19Cl3N2O2S/c1-14-4-7-18(12-20(14)27)29-25-30(19-8-5-15(2)21(28)13-19)24(31)23(33-25)11-16-10-17(26)6-9-22(16)32-3/h4-13H,1-3H3/b23-11+,29-25?. The van der Waals surface area contributed by atoms with Crippen LogP contribution in [-0.2, 0) is 4.79 Å². The minimum atomic E-state index is -0.223. The Morgan fingerprint density at radius 1 is 0.939 bits per heavy atom. The summed E-state index contributed by atoms with van der Waals surface area (Å²) in [6.45, 7) is 3.83. The Morgan fingerprint density at radius 2 is 1.64 bits per heavy atom. The van der Waals surface area contributed by atoms with Crippen LogP contribution in [0.2, 0.25) is 15.1 Å². The molecule has 1 saturated heterocycles. The topological polar surface area (TPSA) is 41.9 Å². The molecule has 8 heteroatoms. The van der Waals surface area contributed by atoms with E-state index in [1.54, 1.807) is 48.4 Å². The summed E-state index contributed by atoms with van der Waals surface area (Å²) in [5.41, 5.74) is 3.84. The molecule has 4 rings (SSSR count). The summed E-state index contributed by atoms with van der Waals surface area (Å²) < 4.78 is 5.43. The zero-order valence-corrected chi connectivity index (χ0v) is 21.1. The van der Waals surface area contributed by atoms with Gasteiger partial charge in [-0.1, -0.05) is 46.9 Å². The average molecular weight is 518 g/mol. The highest BCUT2D eigenvalue weighted by atomic mass is 35.5. The van der Waals surface area contributed by atoms with Gasteiger partial charge in [0.2, 0.25) is 0 Å². The van der Waals surface area contributed by atoms with E-state index in [9.17, 15) is 4.79 Å². The Morgan fingerprint density at radius 3 is 2.30 bits per heavy atom. The number of anilines is 1. The molecule has 0 aromatic heterocycles. The second kappa shape index (κ2) is 9.82. The first-order valence-corrected chi connectivity index (χ1v) is 11.9. The monoisotopic (exact) mass is 516 g/mol. The summed E-state index contributed by atoms with van der Waals surface area (Å²) >= 11 is 20.1. The lowest BCUT2D eigenvalue weighted by molar-refractivity contribution is -0.113. The lowest BCUT2D eigenvalue weighted by Crippen LogP contribution is -2.28. The van der Waals surface area contributed by atoms with Crippen LogP contribution in [0.1, 0.15) is 16.7 Å². The molecule has 1 heterocycles. The van der Waals surface area contributed by atoms with Gasteiger partial charge in [0, 0.05) is 20.6 Å². The highest BCUT2D eigenvalue weighted by molar-refractivity contribution is 8.19. The van der Waals surface area contributed by atoms with Crippen LogP contribution < -0.4 is 9.64 Å². The number of carbonyl (C=O) groups is 1. The molecule has 1 amide bonds. The smallest absolute Gasteiger partial charge is 0.271 e. The number of hydrogen-bond acceptors (Lipinski definition) is 4. The van der Waals surface area contributed by atoms with E-state index in [1.807, 2.05) is 38.1 Å². The number of amides is 1. The van der Waals surface area contributed by atoms with E-state index >= 15 is 0 Å². The van der Waals surface area contributed by atoms with Crippen molar-refractivity contribution < 1.29 is 9.53 Å². The summed E-state index contributed by atoms with van der Waals surface area (Å²) in [5.74, 6) is 0.389. The first-order chi connectivity index (χ1) is 15.8. The normalized spacial score (nSPS) is 16.2. The quantitative estimate of drug-likeness (QED) is 0.328. The predicted molar refractivity (Wildman–Crippen MR) is 141 cm³/mol. The fourth-order valence-corrected chi connectivity index (χ4v) is 4.74. The van der Waals surface area contributed by atoms with Gasteiger partial charge in [-0.3, -0.25) is 9.69 Å². The first-order valence-electron chi connectivity index (χ1n) is 9.95. The number of benzene rings is 3. The molecule has 0 atom stereocenters. The van der Waals surface area contributed by atoms with Crippen molar-refractivity contribution in [2.75, 3.05) is 12.0 Å². The zero-order valence-electron chi connectivity index (χ0n) is 18.0. The number of halogens is 3. The molecule has 0 bridgehead atoms. The molecule has 3 aromatic rings. The van der Waals surface area contributed by atoms with Crippen molar-refractivity contribution in [2.24, 2.45) is 4.99 Å². The lowest BCUT2D eigenvalue weighted by Gasteiger charge is -2.16. The Kier molecular flexibility index (Phi) is 7.05. The van der Waals surface area contributed by atoms with Crippen molar-refractivity contribution in [2.45, 2.75) is 13.8 Å². The molecule has 0 saturated carbocycles. The number of thioether (sulfide) groups is 1. The van der Waals surface area contributed by atoms with Crippen molar-refractivity contribution in [1.82, 2.24) is 0 Å². The van der Waals surface area contributed by atoms with E-state index < -0.39 is 0 Å². The van der Waals surface area contributed by atoms with Crippen molar-refractivity contribution >= 4 is 75.1 Å². The van der Waals surface area contributed by atoms with E-state index in [4.69, 9.17) is 44.5 Å². The third-order valence-electron chi connectivity index (χ3n) is 5.08. The van der Waals surface area contributed by atoms with E-state index in [-0.39, 0.29) is 5.91 Å². The van der Waals surface area contributed by atoms with E-state index in [1.165, 1.54) is 11.8 Å². The largest absolute Gasteiger partial charge is 0.496 e. The second-order valence-electron chi connectivity index (χ2n) is 7.40. The van der Waals surface area contributed by atoms with Gasteiger partial charge in [-0.15, -0.1) is 0 Å². The number of rotatable bonds is 4. The summed E-state index contributed by atoms with van der Waals surface area (Å²) in [6.07, 6.45) is 1.76. The van der Waals surface area contributed by atoms with E-state index in [0.717, 1.165) is 11.1 Å². The minimum Gasteiger partial charge on any atom is -0.496 e. The second-order valence-corrected chi connectivity index (χ2v) is 9.66. The summed E-state index contributed by atoms with van der Waals surface area (Å²) in [6, 6.07) is 16.3. The molecule has 1 fully saturated rings. The third-order valence-corrected chi connectivity index (χ3v) is 7.10. The van der Waals surface area contributed by atoms with Crippen LogP contribution in [0.25, 0.3) is 6.08 Å². The van der Waals surface area contributed by atoms with Crippen LogP contribution >= 0.6 is 46.6 Å². The maximum Gasteiger partial charge on any atom is 0.271 e. The number of amidine groups is 1. The predicted octanol–water partition coefficient (Wildman–Crippen LogP) is 8.08. The van der Waals surface area contributed by atoms with E-state index in [2.05, 4.69) is 0 Å². The molecule has 33 heavy (non-hydrogen) atoms. The van der Waals surface area contributed by atoms with Gasteiger partial charge < -0.3 is 4.74 Å². The maximum atomic E-state index is 13.5. The van der Waals surface area contributed by atoms with Gasteiger partial charge in [-0.05, 0) is 85.3 Å². The Balaban J connectivity index is 1.83. The molecule has 0 aliphatic carbocycles. The van der Waals surface area contributed by atoms with Crippen LogP contribution in [0.5, 0.6) is 5.75 Å². The van der Waals surface area contributed by atoms with Gasteiger partial charge in [0.15, 0.2) is 5.17 Å². The summed E-state index contributed by atoms with van der Waals surface area (Å²) in [5, 5.41) is 2.21. The van der Waals surface area contributed by atoms with Crippen LogP contribution in [0, 0.1) is 13.8 Å². The van der Waals surface area contributed by atoms with Crippen LogP contribution in [0.4, 0.5) is 11.4 Å². The number of methoxy groups -OCH3 is 1. The highest BCUT2D eigenvalue weighted by Gasteiger charge is 2.35. The fraction of sp³-hybridized carbons (Fsp3) is 0.120. The zero-order chi connectivity index (χ0) is 23.7. The Bertz CT molecular complexity index is 1320. The molecule has 168 valence electrons. The Labute approximate surface area is 211 Å². The molecular weight excluding hydrogens is 499 g/mol. The van der Waals surface area contributed by atoms with Gasteiger partial charge in [0.1, 0.15) is 5.75 Å². The number of carbonyl (C=O) groups excluding carboxylic acids is 1. The molecule has 3 aromatic carbocycles. The van der Waals surface area contributed by atoms with E-state index in [0.29, 0.717) is 47.8 Å². The van der Waals surface area contributed by atoms with Crippen molar-refractivity contribution in [3.05, 3.63) is 91.3 Å². The van der Waals surface area contributed by atoms with Crippen molar-refractivity contribution in [1.29, 1.82) is 0 Å². The van der Waals surface area contributed by atoms with Gasteiger partial charge in [-0.2, -0.15) is 0 Å². The summed E-state index contributed by atoms with van der Waals surface area (Å²) in [4.78, 5) is 20.3. The molecule has 1 aliphatic heterocycles. The Hall–Kier alpha value is -2.44. The molecule has 0 spiro atoms. The van der Waals surface area contributed by atoms with Crippen molar-refractivity contribution in [3.63, 3.8) is 0 Å². The highest BCUT2D eigenvalue weighted by Crippen LogP contribution is 2.40. The van der Waals surface area contributed by atoms with Crippen molar-refractivity contribution in [3.8, 4) is 5.75 Å². The first kappa shape index (κ1) is 23.7. The SMILES string of the molecule is COc1ccc(Cl)cc1/C=C1/SC(=Nc2ccc(C)c(Cl)c2)N(c2ccc(C)c(Cl)c2)C1=O. The minimum absolute atomic E-state index is 0.223. The molecule has 0 unspecified atom stereocenters. The third kappa shape index (κ3) is 5.07. The number of aryl methyl sites for hydroxylation is 2. The van der Waals surface area contributed by atoms with Crippen LogP contribution in [-0.4, -0.2) is 18.2 Å². The molecule has 0 N–H and O–H groups in total. The van der Waals surface area contributed by atoms with Gasteiger partial charge in [-0.25, -0.2) is 4.99 Å². The van der Waals surface area contributed by atoms with Gasteiger partial charge >= 0.3 is 0 Å². The van der Waals surface area contributed by atoms with Crippen LogP contribution in [0.15, 0.2) is 64.5 Å². The molecule has 4 nitrogen and oxygen atoms in total. The van der Waals surface area contributed by atoms with Gasteiger partial charge in [0.05, 0.1) is 23.4 Å². The molecular formula is C25H19Cl3N2O2S. The number of aliphatic imine (C=N–C) groups is 1. The summed E-state index contributed by atoms with van der Waals surface area (Å²) in [7, 11) is 1.57. The number of nitrogens with zero attached hydrogens (tertiary/aromatic N) is 2. The maximum absolute atomic E-state index is 13.5. The lowest BCUT2D eigenvalue weighted by atomic mass is 10.1. The van der Waals surface area contributed by atoms with Crippen LogP contribution in [0.3, 0.4) is 0 Å².